The molecule has 0 N–H and O–H groups in total. The minimum absolute atomic E-state index is 0.00927. The predicted molar refractivity (Wildman–Crippen MR) is 144 cm³/mol. The number of amides is 1. The van der Waals surface area contributed by atoms with E-state index < -0.39 is 0 Å². The number of fused-ring (bicyclic) bond motifs is 1. The average molecular weight is 499 g/mol. The molecule has 0 bridgehead atoms. The number of hydrogen-bond acceptors (Lipinski definition) is 5. The van der Waals surface area contributed by atoms with Crippen molar-refractivity contribution < 1.29 is 9.53 Å². The third kappa shape index (κ3) is 5.50. The lowest BCUT2D eigenvalue weighted by Crippen LogP contribution is -2.48. The van der Waals surface area contributed by atoms with Crippen LogP contribution in [-0.2, 0) is 11.4 Å². The summed E-state index contributed by atoms with van der Waals surface area (Å²) in [5, 5.41) is 0.691. The topological polar surface area (TPSA) is 58.6 Å². The van der Waals surface area contributed by atoms with Gasteiger partial charge in [-0.15, -0.1) is 0 Å². The molecule has 1 aromatic heterocycles. The van der Waals surface area contributed by atoms with Gasteiger partial charge in [0.05, 0.1) is 16.7 Å². The maximum Gasteiger partial charge on any atom is 0.246 e. The van der Waals surface area contributed by atoms with Crippen LogP contribution < -0.4 is 9.64 Å². The smallest absolute Gasteiger partial charge is 0.246 e. The molecule has 3 aromatic carbocycles. The molecule has 4 aromatic rings. The highest BCUT2D eigenvalue weighted by Crippen LogP contribution is 2.22. The molecule has 7 heteroatoms. The number of aryl methyl sites for hydroxylation is 1. The van der Waals surface area contributed by atoms with Crippen molar-refractivity contribution >= 4 is 40.4 Å². The van der Waals surface area contributed by atoms with Gasteiger partial charge in [0.15, 0.2) is 5.82 Å². The third-order valence-corrected chi connectivity index (χ3v) is 6.63. The van der Waals surface area contributed by atoms with Gasteiger partial charge in [-0.1, -0.05) is 54.1 Å². The van der Waals surface area contributed by atoms with Crippen LogP contribution in [0.2, 0.25) is 5.02 Å². The van der Waals surface area contributed by atoms with E-state index in [1.807, 2.05) is 90.7 Å². The Morgan fingerprint density at radius 1 is 0.917 bits per heavy atom. The molecule has 0 saturated carbocycles. The predicted octanol–water partition coefficient (Wildman–Crippen LogP) is 5.53. The molecule has 36 heavy (non-hydrogen) atoms. The van der Waals surface area contributed by atoms with Crippen LogP contribution in [0.4, 0.5) is 5.82 Å². The lowest BCUT2D eigenvalue weighted by atomic mass is 10.2. The Bertz CT molecular complexity index is 1400. The van der Waals surface area contributed by atoms with Crippen LogP contribution in [0.15, 0.2) is 78.9 Å². The van der Waals surface area contributed by atoms with E-state index in [9.17, 15) is 4.79 Å². The summed E-state index contributed by atoms with van der Waals surface area (Å²) in [6.07, 6.45) is 3.47. The molecule has 0 aliphatic carbocycles. The standard InChI is InChI=1S/C29H27ClN4O2/c1-21-29(32-27-9-5-4-8-26(27)31-21)34-18-16-33(17-19-34)28(35)15-12-22-10-13-24(14-11-22)36-20-23-6-2-3-7-25(23)30/h2-15H,16-20H2,1H3/b15-12+. The lowest BCUT2D eigenvalue weighted by molar-refractivity contribution is -0.126. The maximum atomic E-state index is 12.8. The van der Waals surface area contributed by atoms with Crippen molar-refractivity contribution in [2.75, 3.05) is 31.1 Å². The Labute approximate surface area is 215 Å². The fourth-order valence-electron chi connectivity index (χ4n) is 4.24. The highest BCUT2D eigenvalue weighted by molar-refractivity contribution is 6.31. The SMILES string of the molecule is Cc1nc2ccccc2nc1N1CCN(C(=O)/C=C/c2ccc(OCc3ccccc3Cl)cc2)CC1. The normalized spacial score (nSPS) is 13.9. The number of para-hydroxylation sites is 2. The number of halogens is 1. The second-order valence-electron chi connectivity index (χ2n) is 8.72. The van der Waals surface area contributed by atoms with E-state index in [1.165, 1.54) is 0 Å². The van der Waals surface area contributed by atoms with E-state index >= 15 is 0 Å². The van der Waals surface area contributed by atoms with Gasteiger partial charge in [-0.2, -0.15) is 0 Å². The van der Waals surface area contributed by atoms with Gasteiger partial charge in [0, 0.05) is 42.8 Å². The van der Waals surface area contributed by atoms with Crippen molar-refractivity contribution in [3.63, 3.8) is 0 Å². The van der Waals surface area contributed by atoms with Gasteiger partial charge in [0.25, 0.3) is 0 Å². The first-order chi connectivity index (χ1) is 17.6. The first-order valence-electron chi connectivity index (χ1n) is 12.0. The number of hydrogen-bond donors (Lipinski definition) is 0. The minimum atomic E-state index is 0.00927. The Hall–Kier alpha value is -3.90. The van der Waals surface area contributed by atoms with E-state index in [1.54, 1.807) is 6.08 Å². The van der Waals surface area contributed by atoms with Crippen molar-refractivity contribution in [1.82, 2.24) is 14.9 Å². The molecule has 0 unspecified atom stereocenters. The number of benzene rings is 3. The average Bonchev–Trinajstić information content (AvgIpc) is 2.91. The van der Waals surface area contributed by atoms with Gasteiger partial charge in [0.2, 0.25) is 5.91 Å². The van der Waals surface area contributed by atoms with E-state index in [0.717, 1.165) is 52.5 Å². The molecule has 5 rings (SSSR count). The van der Waals surface area contributed by atoms with Crippen molar-refractivity contribution in [1.29, 1.82) is 0 Å². The number of piperazine rings is 1. The summed E-state index contributed by atoms with van der Waals surface area (Å²) >= 11 is 6.18. The third-order valence-electron chi connectivity index (χ3n) is 6.26. The molecule has 1 amide bonds. The monoisotopic (exact) mass is 498 g/mol. The summed E-state index contributed by atoms with van der Waals surface area (Å²) in [4.78, 5) is 26.4. The van der Waals surface area contributed by atoms with Gasteiger partial charge in [-0.25, -0.2) is 9.97 Å². The summed E-state index contributed by atoms with van der Waals surface area (Å²) in [5.41, 5.74) is 4.58. The van der Waals surface area contributed by atoms with Crippen molar-refractivity contribution in [3.8, 4) is 5.75 Å². The number of ether oxygens (including phenoxy) is 1. The number of carbonyl (C=O) groups excluding carboxylic acids is 1. The summed E-state index contributed by atoms with van der Waals surface area (Å²) in [6, 6.07) is 23.2. The summed E-state index contributed by atoms with van der Waals surface area (Å²) in [7, 11) is 0. The highest BCUT2D eigenvalue weighted by atomic mass is 35.5. The van der Waals surface area contributed by atoms with Crippen LogP contribution in [0.25, 0.3) is 17.1 Å². The number of aromatic nitrogens is 2. The molecular weight excluding hydrogens is 472 g/mol. The molecule has 0 atom stereocenters. The van der Waals surface area contributed by atoms with Crippen LogP contribution in [0.5, 0.6) is 5.75 Å². The maximum absolute atomic E-state index is 12.8. The zero-order chi connectivity index (χ0) is 24.9. The fourth-order valence-corrected chi connectivity index (χ4v) is 4.43. The molecule has 1 saturated heterocycles. The molecule has 1 aliphatic heterocycles. The Morgan fingerprint density at radius 3 is 2.31 bits per heavy atom. The second kappa shape index (κ2) is 10.8. The van der Waals surface area contributed by atoms with Crippen LogP contribution in [0.3, 0.4) is 0 Å². The molecule has 1 fully saturated rings. The Kier molecular flexibility index (Phi) is 7.14. The van der Waals surface area contributed by atoms with Gasteiger partial charge < -0.3 is 14.5 Å². The number of rotatable bonds is 6. The first-order valence-corrected chi connectivity index (χ1v) is 12.4. The second-order valence-corrected chi connectivity index (χ2v) is 9.12. The molecule has 182 valence electrons. The number of anilines is 1. The van der Waals surface area contributed by atoms with E-state index in [4.69, 9.17) is 26.3 Å². The minimum Gasteiger partial charge on any atom is -0.489 e. The number of carbonyl (C=O) groups is 1. The summed E-state index contributed by atoms with van der Waals surface area (Å²) in [6.45, 7) is 5.14. The van der Waals surface area contributed by atoms with E-state index in [-0.39, 0.29) is 5.91 Å². The largest absolute Gasteiger partial charge is 0.489 e. The summed E-state index contributed by atoms with van der Waals surface area (Å²) < 4.78 is 5.83. The zero-order valence-electron chi connectivity index (χ0n) is 20.1. The van der Waals surface area contributed by atoms with Gasteiger partial charge in [-0.3, -0.25) is 4.79 Å². The van der Waals surface area contributed by atoms with E-state index in [0.29, 0.717) is 24.7 Å². The van der Waals surface area contributed by atoms with E-state index in [2.05, 4.69) is 4.90 Å². The molecule has 0 radical (unpaired) electrons. The highest BCUT2D eigenvalue weighted by Gasteiger charge is 2.22. The molecule has 0 spiro atoms. The van der Waals surface area contributed by atoms with Crippen LogP contribution >= 0.6 is 11.6 Å². The van der Waals surface area contributed by atoms with Crippen molar-refractivity contribution in [2.45, 2.75) is 13.5 Å². The quantitative estimate of drug-likeness (QED) is 0.327. The van der Waals surface area contributed by atoms with Gasteiger partial charge >= 0.3 is 0 Å². The Balaban J connectivity index is 1.14. The molecule has 2 heterocycles. The van der Waals surface area contributed by atoms with Gasteiger partial charge in [0.1, 0.15) is 12.4 Å². The zero-order valence-corrected chi connectivity index (χ0v) is 20.9. The lowest BCUT2D eigenvalue weighted by Gasteiger charge is -2.35. The van der Waals surface area contributed by atoms with Gasteiger partial charge in [-0.05, 0) is 48.9 Å². The molecule has 1 aliphatic rings. The molecular formula is C29H27ClN4O2. The first kappa shape index (κ1) is 23.8. The van der Waals surface area contributed by atoms with Crippen molar-refractivity contribution in [2.24, 2.45) is 0 Å². The fraction of sp³-hybridized carbons (Fsp3) is 0.207. The summed E-state index contributed by atoms with van der Waals surface area (Å²) in [5.74, 6) is 1.66. The Morgan fingerprint density at radius 2 is 1.58 bits per heavy atom. The van der Waals surface area contributed by atoms with Crippen LogP contribution in [0.1, 0.15) is 16.8 Å². The molecule has 6 nitrogen and oxygen atoms in total. The number of nitrogens with zero attached hydrogens (tertiary/aromatic N) is 4. The van der Waals surface area contributed by atoms with Crippen LogP contribution in [0, 0.1) is 6.92 Å². The van der Waals surface area contributed by atoms with Crippen molar-refractivity contribution in [3.05, 3.63) is 101 Å². The van der Waals surface area contributed by atoms with Crippen LogP contribution in [-0.4, -0.2) is 47.0 Å².